The van der Waals surface area contributed by atoms with Crippen molar-refractivity contribution in [3.8, 4) is 0 Å². The second-order valence-electron chi connectivity index (χ2n) is 3.48. The van der Waals surface area contributed by atoms with Crippen LogP contribution in [0.1, 0.15) is 25.6 Å². The van der Waals surface area contributed by atoms with Crippen molar-refractivity contribution in [2.75, 3.05) is 6.61 Å². The van der Waals surface area contributed by atoms with Crippen LogP contribution in [0.15, 0.2) is 11.4 Å². The number of hydrogen-bond acceptors (Lipinski definition) is 4. The van der Waals surface area contributed by atoms with Crippen molar-refractivity contribution in [3.05, 3.63) is 22.4 Å². The average molecular weight is 257 g/mol. The topological polar surface area (TPSA) is 35.0 Å². The SMILES string of the molecule is CCCCOCc1nc(Cl)c2ccsc2n1. The van der Waals surface area contributed by atoms with Crippen LogP contribution in [-0.4, -0.2) is 16.6 Å². The Balaban J connectivity index is 2.06. The van der Waals surface area contributed by atoms with Crippen LogP contribution in [0.4, 0.5) is 0 Å². The van der Waals surface area contributed by atoms with E-state index in [1.54, 1.807) is 11.3 Å². The van der Waals surface area contributed by atoms with E-state index in [0.29, 0.717) is 17.6 Å². The highest BCUT2D eigenvalue weighted by molar-refractivity contribution is 7.16. The van der Waals surface area contributed by atoms with E-state index in [0.717, 1.165) is 29.7 Å². The molecule has 0 fully saturated rings. The van der Waals surface area contributed by atoms with Crippen molar-refractivity contribution in [2.45, 2.75) is 26.4 Å². The first-order chi connectivity index (χ1) is 7.81. The fourth-order valence-corrected chi connectivity index (χ4v) is 2.42. The van der Waals surface area contributed by atoms with Gasteiger partial charge < -0.3 is 4.74 Å². The van der Waals surface area contributed by atoms with E-state index in [4.69, 9.17) is 16.3 Å². The smallest absolute Gasteiger partial charge is 0.157 e. The maximum Gasteiger partial charge on any atom is 0.157 e. The molecule has 0 aliphatic rings. The zero-order chi connectivity index (χ0) is 11.4. The number of fused-ring (bicyclic) bond motifs is 1. The van der Waals surface area contributed by atoms with E-state index >= 15 is 0 Å². The van der Waals surface area contributed by atoms with Crippen molar-refractivity contribution in [1.29, 1.82) is 0 Å². The molecule has 0 saturated heterocycles. The summed E-state index contributed by atoms with van der Waals surface area (Å²) >= 11 is 7.61. The lowest BCUT2D eigenvalue weighted by Crippen LogP contribution is -2.00. The van der Waals surface area contributed by atoms with Crippen LogP contribution < -0.4 is 0 Å². The molecule has 2 aromatic rings. The molecule has 0 amide bonds. The minimum Gasteiger partial charge on any atom is -0.373 e. The van der Waals surface area contributed by atoms with E-state index in [2.05, 4.69) is 16.9 Å². The van der Waals surface area contributed by atoms with Crippen molar-refractivity contribution in [3.63, 3.8) is 0 Å². The molecule has 0 aromatic carbocycles. The summed E-state index contributed by atoms with van der Waals surface area (Å²) in [6.07, 6.45) is 2.19. The van der Waals surface area contributed by atoms with E-state index in [1.165, 1.54) is 0 Å². The molecule has 16 heavy (non-hydrogen) atoms. The van der Waals surface area contributed by atoms with Gasteiger partial charge in [0.25, 0.3) is 0 Å². The molecule has 2 heterocycles. The summed E-state index contributed by atoms with van der Waals surface area (Å²) in [4.78, 5) is 9.52. The van der Waals surface area contributed by atoms with E-state index < -0.39 is 0 Å². The first-order valence-electron chi connectivity index (χ1n) is 5.28. The van der Waals surface area contributed by atoms with E-state index in [9.17, 15) is 0 Å². The van der Waals surface area contributed by atoms with Crippen molar-refractivity contribution in [2.24, 2.45) is 0 Å². The number of thiophene rings is 1. The fraction of sp³-hybridized carbons (Fsp3) is 0.455. The highest BCUT2D eigenvalue weighted by Gasteiger charge is 2.06. The summed E-state index contributed by atoms with van der Waals surface area (Å²) in [5, 5.41) is 3.40. The lowest BCUT2D eigenvalue weighted by atomic mass is 10.4. The minimum atomic E-state index is 0.438. The molecule has 0 aliphatic heterocycles. The lowest BCUT2D eigenvalue weighted by Gasteiger charge is -2.03. The van der Waals surface area contributed by atoms with Gasteiger partial charge in [-0.05, 0) is 17.9 Å². The minimum absolute atomic E-state index is 0.438. The van der Waals surface area contributed by atoms with Crippen LogP contribution in [-0.2, 0) is 11.3 Å². The van der Waals surface area contributed by atoms with Gasteiger partial charge in [0, 0.05) is 12.0 Å². The van der Waals surface area contributed by atoms with Crippen LogP contribution in [0, 0.1) is 0 Å². The second kappa shape index (κ2) is 5.57. The Kier molecular flexibility index (Phi) is 4.09. The summed E-state index contributed by atoms with van der Waals surface area (Å²) in [5.41, 5.74) is 0. The second-order valence-corrected chi connectivity index (χ2v) is 4.73. The molecule has 5 heteroatoms. The van der Waals surface area contributed by atoms with Crippen molar-refractivity contribution < 1.29 is 4.74 Å². The molecular weight excluding hydrogens is 244 g/mol. The largest absolute Gasteiger partial charge is 0.373 e. The van der Waals surface area contributed by atoms with Gasteiger partial charge in [0.1, 0.15) is 16.6 Å². The Morgan fingerprint density at radius 3 is 3.12 bits per heavy atom. The quantitative estimate of drug-likeness (QED) is 0.605. The molecule has 2 rings (SSSR count). The first kappa shape index (κ1) is 11.8. The van der Waals surface area contributed by atoms with Gasteiger partial charge in [0.05, 0.1) is 0 Å². The Labute approximate surface area is 103 Å². The zero-order valence-electron chi connectivity index (χ0n) is 9.07. The molecule has 0 bridgehead atoms. The number of hydrogen-bond donors (Lipinski definition) is 0. The number of nitrogens with zero attached hydrogens (tertiary/aromatic N) is 2. The van der Waals surface area contributed by atoms with Gasteiger partial charge in [-0.25, -0.2) is 9.97 Å². The van der Waals surface area contributed by atoms with Crippen LogP contribution in [0.25, 0.3) is 10.2 Å². The zero-order valence-corrected chi connectivity index (χ0v) is 10.6. The van der Waals surface area contributed by atoms with Gasteiger partial charge in [0.2, 0.25) is 0 Å². The van der Waals surface area contributed by atoms with Crippen LogP contribution in [0.2, 0.25) is 5.15 Å². The third kappa shape index (κ3) is 2.70. The van der Waals surface area contributed by atoms with Gasteiger partial charge in [0.15, 0.2) is 5.82 Å². The molecule has 0 radical (unpaired) electrons. The monoisotopic (exact) mass is 256 g/mol. The molecule has 0 N–H and O–H groups in total. The fourth-order valence-electron chi connectivity index (χ4n) is 1.34. The number of aromatic nitrogens is 2. The first-order valence-corrected chi connectivity index (χ1v) is 6.54. The van der Waals surface area contributed by atoms with Crippen LogP contribution >= 0.6 is 22.9 Å². The summed E-state index contributed by atoms with van der Waals surface area (Å²) in [6, 6.07) is 1.93. The number of halogens is 1. The van der Waals surface area contributed by atoms with Gasteiger partial charge in [-0.1, -0.05) is 24.9 Å². The number of ether oxygens (including phenoxy) is 1. The van der Waals surface area contributed by atoms with Gasteiger partial charge in [-0.2, -0.15) is 0 Å². The standard InChI is InChI=1S/C11H13ClN2OS/c1-2-3-5-15-7-9-13-10(12)8-4-6-16-11(8)14-9/h4,6H,2-3,5,7H2,1H3. The highest BCUT2D eigenvalue weighted by atomic mass is 35.5. The third-order valence-corrected chi connectivity index (χ3v) is 3.29. The summed E-state index contributed by atoms with van der Waals surface area (Å²) < 4.78 is 5.46. The normalized spacial score (nSPS) is 11.1. The summed E-state index contributed by atoms with van der Waals surface area (Å²) in [5.74, 6) is 0.663. The van der Waals surface area contributed by atoms with Crippen molar-refractivity contribution in [1.82, 2.24) is 9.97 Å². The molecule has 0 unspecified atom stereocenters. The maximum absolute atomic E-state index is 6.04. The van der Waals surface area contributed by atoms with Crippen LogP contribution in [0.3, 0.4) is 0 Å². The average Bonchev–Trinajstić information content (AvgIpc) is 2.73. The highest BCUT2D eigenvalue weighted by Crippen LogP contribution is 2.24. The lowest BCUT2D eigenvalue weighted by molar-refractivity contribution is 0.113. The molecule has 0 aliphatic carbocycles. The van der Waals surface area contributed by atoms with Crippen LogP contribution in [0.5, 0.6) is 0 Å². The summed E-state index contributed by atoms with van der Waals surface area (Å²) in [6.45, 7) is 3.32. The van der Waals surface area contributed by atoms with Crippen molar-refractivity contribution >= 4 is 33.2 Å². The predicted octanol–water partition coefficient (Wildman–Crippen LogP) is 3.66. The molecule has 0 saturated carbocycles. The predicted molar refractivity (Wildman–Crippen MR) is 67.0 cm³/mol. The number of rotatable bonds is 5. The Morgan fingerprint density at radius 1 is 1.44 bits per heavy atom. The Bertz CT molecular complexity index is 472. The molecule has 86 valence electrons. The third-order valence-electron chi connectivity index (χ3n) is 2.20. The van der Waals surface area contributed by atoms with Gasteiger partial charge >= 0.3 is 0 Å². The van der Waals surface area contributed by atoms with Gasteiger partial charge in [-0.3, -0.25) is 0 Å². The van der Waals surface area contributed by atoms with E-state index in [-0.39, 0.29) is 0 Å². The molecule has 2 aromatic heterocycles. The summed E-state index contributed by atoms with van der Waals surface area (Å²) in [7, 11) is 0. The molecular formula is C11H13ClN2OS. The van der Waals surface area contributed by atoms with Gasteiger partial charge in [-0.15, -0.1) is 11.3 Å². The Hall–Kier alpha value is -0.710. The molecule has 0 atom stereocenters. The maximum atomic E-state index is 6.04. The number of unbranched alkanes of at least 4 members (excludes halogenated alkanes) is 1. The molecule has 3 nitrogen and oxygen atoms in total. The molecule has 0 spiro atoms. The Morgan fingerprint density at radius 2 is 2.31 bits per heavy atom. The van der Waals surface area contributed by atoms with E-state index in [1.807, 2.05) is 11.4 Å².